The lowest BCUT2D eigenvalue weighted by molar-refractivity contribution is -0.139. The van der Waals surface area contributed by atoms with E-state index < -0.39 is 0 Å². The van der Waals surface area contributed by atoms with Crippen molar-refractivity contribution in [2.24, 2.45) is 5.41 Å². The normalized spacial score (nSPS) is 17.2. The summed E-state index contributed by atoms with van der Waals surface area (Å²) >= 11 is 1.66. The van der Waals surface area contributed by atoms with Crippen LogP contribution in [0.15, 0.2) is 12.1 Å². The lowest BCUT2D eigenvalue weighted by Crippen LogP contribution is -2.47. The van der Waals surface area contributed by atoms with E-state index in [9.17, 15) is 4.79 Å². The fraction of sp³-hybridized carbons (Fsp3) is 0.615. The number of rotatable bonds is 6. The molecular formula is C13H19NO3S. The molecule has 0 spiro atoms. The first kappa shape index (κ1) is 13.5. The molecule has 4 nitrogen and oxygen atoms in total. The SMILES string of the molecule is COC(=O)Cc1ccc(CNCC2(C)COC2)s1. The number of ether oxygens (including phenoxy) is 2. The monoisotopic (exact) mass is 269 g/mol. The van der Waals surface area contributed by atoms with Crippen molar-refractivity contribution in [3.63, 3.8) is 0 Å². The molecule has 1 aliphatic heterocycles. The molecule has 0 amide bonds. The van der Waals surface area contributed by atoms with Crippen LogP contribution in [0.2, 0.25) is 0 Å². The summed E-state index contributed by atoms with van der Waals surface area (Å²) in [5, 5.41) is 3.44. The van der Waals surface area contributed by atoms with Crippen LogP contribution < -0.4 is 5.32 Å². The van der Waals surface area contributed by atoms with E-state index in [1.807, 2.05) is 6.07 Å². The predicted octanol–water partition coefficient (Wildman–Crippen LogP) is 1.59. The van der Waals surface area contributed by atoms with Crippen molar-refractivity contribution < 1.29 is 14.3 Å². The van der Waals surface area contributed by atoms with Crippen LogP contribution in [0.1, 0.15) is 16.7 Å². The molecule has 1 saturated heterocycles. The number of hydrogen-bond donors (Lipinski definition) is 1. The van der Waals surface area contributed by atoms with Gasteiger partial charge in [-0.25, -0.2) is 0 Å². The zero-order chi connectivity index (χ0) is 13.0. The van der Waals surface area contributed by atoms with Gasteiger partial charge >= 0.3 is 5.97 Å². The van der Waals surface area contributed by atoms with Crippen molar-refractivity contribution in [2.45, 2.75) is 19.9 Å². The Morgan fingerprint density at radius 2 is 2.22 bits per heavy atom. The van der Waals surface area contributed by atoms with Crippen molar-refractivity contribution >= 4 is 17.3 Å². The number of carbonyl (C=O) groups is 1. The van der Waals surface area contributed by atoms with Crippen LogP contribution in [0.4, 0.5) is 0 Å². The summed E-state index contributed by atoms with van der Waals surface area (Å²) < 4.78 is 9.86. The van der Waals surface area contributed by atoms with Crippen LogP contribution in [-0.4, -0.2) is 32.8 Å². The van der Waals surface area contributed by atoms with Crippen LogP contribution in [0, 0.1) is 5.41 Å². The number of carbonyl (C=O) groups excluding carboxylic acids is 1. The lowest BCUT2D eigenvalue weighted by atomic mass is 9.89. The molecule has 0 atom stereocenters. The maximum atomic E-state index is 11.1. The highest BCUT2D eigenvalue weighted by Gasteiger charge is 2.32. The van der Waals surface area contributed by atoms with E-state index in [1.54, 1.807) is 11.3 Å². The van der Waals surface area contributed by atoms with Crippen LogP contribution in [0.5, 0.6) is 0 Å². The van der Waals surface area contributed by atoms with Crippen molar-refractivity contribution in [3.05, 3.63) is 21.9 Å². The molecule has 0 radical (unpaired) electrons. The Labute approximate surface area is 111 Å². The van der Waals surface area contributed by atoms with E-state index in [1.165, 1.54) is 12.0 Å². The van der Waals surface area contributed by atoms with Gasteiger partial charge in [0.1, 0.15) is 0 Å². The Balaban J connectivity index is 1.74. The second kappa shape index (κ2) is 5.82. The Hall–Kier alpha value is -0.910. The molecule has 2 heterocycles. The van der Waals surface area contributed by atoms with Crippen molar-refractivity contribution in [3.8, 4) is 0 Å². The first-order chi connectivity index (χ1) is 8.61. The molecule has 0 aliphatic carbocycles. The number of nitrogens with one attached hydrogen (secondary N) is 1. The van der Waals surface area contributed by atoms with Crippen LogP contribution in [0.3, 0.4) is 0 Å². The molecule has 0 bridgehead atoms. The fourth-order valence-electron chi connectivity index (χ4n) is 1.87. The van der Waals surface area contributed by atoms with Gasteiger partial charge in [-0.3, -0.25) is 4.79 Å². The molecule has 1 aliphatic rings. The minimum Gasteiger partial charge on any atom is -0.469 e. The predicted molar refractivity (Wildman–Crippen MR) is 70.7 cm³/mol. The van der Waals surface area contributed by atoms with Gasteiger partial charge in [0.25, 0.3) is 0 Å². The molecule has 0 saturated carbocycles. The van der Waals surface area contributed by atoms with Crippen molar-refractivity contribution in [1.82, 2.24) is 5.32 Å². The van der Waals surface area contributed by atoms with E-state index in [4.69, 9.17) is 4.74 Å². The molecular weight excluding hydrogens is 250 g/mol. The second-order valence-corrected chi connectivity index (χ2v) is 6.28. The van der Waals surface area contributed by atoms with Crippen LogP contribution in [-0.2, 0) is 27.2 Å². The molecule has 1 fully saturated rings. The standard InChI is InChI=1S/C13H19NO3S/c1-13(8-17-9-13)7-14-6-11-4-3-10(18-11)5-12(15)16-2/h3-4,14H,5-9H2,1-2H3. The van der Waals surface area contributed by atoms with E-state index in [2.05, 4.69) is 23.0 Å². The van der Waals surface area contributed by atoms with Gasteiger partial charge in [-0.2, -0.15) is 0 Å². The molecule has 1 aromatic rings. The average Bonchev–Trinajstić information content (AvgIpc) is 2.74. The number of hydrogen-bond acceptors (Lipinski definition) is 5. The molecule has 0 aromatic carbocycles. The zero-order valence-corrected chi connectivity index (χ0v) is 11.6. The summed E-state index contributed by atoms with van der Waals surface area (Å²) in [6.07, 6.45) is 0.368. The highest BCUT2D eigenvalue weighted by molar-refractivity contribution is 7.12. The van der Waals surface area contributed by atoms with Gasteiger partial charge in [0, 0.05) is 28.3 Å². The van der Waals surface area contributed by atoms with Crippen LogP contribution >= 0.6 is 11.3 Å². The van der Waals surface area contributed by atoms with Crippen molar-refractivity contribution in [1.29, 1.82) is 0 Å². The van der Waals surface area contributed by atoms with Gasteiger partial charge < -0.3 is 14.8 Å². The number of methoxy groups -OCH3 is 1. The van der Waals surface area contributed by atoms with E-state index in [0.717, 1.165) is 31.2 Å². The maximum absolute atomic E-state index is 11.1. The Bertz CT molecular complexity index is 412. The molecule has 1 N–H and O–H groups in total. The van der Waals surface area contributed by atoms with E-state index >= 15 is 0 Å². The second-order valence-electron chi connectivity index (χ2n) is 5.03. The maximum Gasteiger partial charge on any atom is 0.310 e. The number of esters is 1. The molecule has 18 heavy (non-hydrogen) atoms. The van der Waals surface area contributed by atoms with Gasteiger partial charge in [0.15, 0.2) is 0 Å². The third-order valence-corrected chi connectivity index (χ3v) is 4.10. The highest BCUT2D eigenvalue weighted by atomic mass is 32.1. The fourth-order valence-corrected chi connectivity index (χ4v) is 2.84. The van der Waals surface area contributed by atoms with Crippen LogP contribution in [0.25, 0.3) is 0 Å². The minimum absolute atomic E-state index is 0.185. The summed E-state index contributed by atoms with van der Waals surface area (Å²) in [5.41, 5.74) is 0.298. The Morgan fingerprint density at radius 1 is 1.50 bits per heavy atom. The van der Waals surface area contributed by atoms with E-state index in [-0.39, 0.29) is 5.97 Å². The summed E-state index contributed by atoms with van der Waals surface area (Å²) in [5.74, 6) is -0.185. The molecule has 1 aromatic heterocycles. The first-order valence-corrected chi connectivity index (χ1v) is 6.86. The summed E-state index contributed by atoms with van der Waals surface area (Å²) in [4.78, 5) is 13.4. The largest absolute Gasteiger partial charge is 0.469 e. The highest BCUT2D eigenvalue weighted by Crippen LogP contribution is 2.25. The molecule has 100 valence electrons. The summed E-state index contributed by atoms with van der Waals surface area (Å²) in [6, 6.07) is 4.06. The van der Waals surface area contributed by atoms with Gasteiger partial charge in [-0.1, -0.05) is 6.92 Å². The van der Waals surface area contributed by atoms with E-state index in [0.29, 0.717) is 11.8 Å². The van der Waals surface area contributed by atoms with Gasteiger partial charge in [-0.15, -0.1) is 11.3 Å². The van der Waals surface area contributed by atoms with Gasteiger partial charge in [0.2, 0.25) is 0 Å². The average molecular weight is 269 g/mol. The number of thiophene rings is 1. The summed E-state index contributed by atoms with van der Waals surface area (Å²) in [7, 11) is 1.42. The lowest BCUT2D eigenvalue weighted by Gasteiger charge is -2.38. The minimum atomic E-state index is -0.185. The third-order valence-electron chi connectivity index (χ3n) is 3.02. The Morgan fingerprint density at radius 3 is 2.83 bits per heavy atom. The smallest absolute Gasteiger partial charge is 0.310 e. The quantitative estimate of drug-likeness (QED) is 0.797. The van der Waals surface area contributed by atoms with Crippen molar-refractivity contribution in [2.75, 3.05) is 26.9 Å². The zero-order valence-electron chi connectivity index (χ0n) is 10.8. The third kappa shape index (κ3) is 3.54. The molecule has 0 unspecified atom stereocenters. The topological polar surface area (TPSA) is 47.6 Å². The van der Waals surface area contributed by atoms with Gasteiger partial charge in [-0.05, 0) is 12.1 Å². The summed E-state index contributed by atoms with van der Waals surface area (Å²) in [6.45, 7) is 5.73. The Kier molecular flexibility index (Phi) is 4.37. The molecule has 5 heteroatoms. The van der Waals surface area contributed by atoms with Gasteiger partial charge in [0.05, 0.1) is 26.7 Å². The first-order valence-electron chi connectivity index (χ1n) is 6.04. The molecule has 2 rings (SSSR count).